The predicted molar refractivity (Wildman–Crippen MR) is 180 cm³/mol. The Labute approximate surface area is 264 Å². The van der Waals surface area contributed by atoms with E-state index in [-0.39, 0.29) is 0 Å². The van der Waals surface area contributed by atoms with Gasteiger partial charge in [0, 0.05) is 17.1 Å². The van der Waals surface area contributed by atoms with Crippen LogP contribution in [0.4, 0.5) is 23.0 Å². The lowest BCUT2D eigenvalue weighted by Crippen LogP contribution is -2.09. The highest BCUT2D eigenvalue weighted by molar-refractivity contribution is 8.23. The number of thioether (sulfide) groups is 2. The molecule has 0 atom stereocenters. The van der Waals surface area contributed by atoms with Crippen molar-refractivity contribution in [3.05, 3.63) is 72.8 Å². The van der Waals surface area contributed by atoms with Crippen LogP contribution in [0, 0.1) is 0 Å². The fourth-order valence-electron chi connectivity index (χ4n) is 3.47. The third-order valence-corrected chi connectivity index (χ3v) is 7.22. The van der Waals surface area contributed by atoms with Gasteiger partial charge in [-0.3, -0.25) is 0 Å². The molecule has 42 heavy (non-hydrogen) atoms. The van der Waals surface area contributed by atoms with Crippen LogP contribution < -0.4 is 30.2 Å². The van der Waals surface area contributed by atoms with Crippen LogP contribution in [-0.2, 0) is 0 Å². The molecule has 0 unspecified atom stereocenters. The number of hydrogen-bond acceptors (Lipinski definition) is 11. The summed E-state index contributed by atoms with van der Waals surface area (Å²) >= 11 is 13.6. The van der Waals surface area contributed by atoms with Crippen molar-refractivity contribution in [1.29, 1.82) is 0 Å². The molecule has 218 valence electrons. The molecule has 0 radical (unpaired) electrons. The van der Waals surface area contributed by atoms with Crippen LogP contribution >= 0.6 is 48.0 Å². The van der Waals surface area contributed by atoms with E-state index < -0.39 is 0 Å². The quantitative estimate of drug-likeness (QED) is 0.104. The van der Waals surface area contributed by atoms with Gasteiger partial charge in [0.2, 0.25) is 16.3 Å². The maximum Gasteiger partial charge on any atom is 0.232 e. The Morgan fingerprint density at radius 3 is 1.29 bits per heavy atom. The van der Waals surface area contributed by atoms with E-state index in [2.05, 4.69) is 30.9 Å². The van der Waals surface area contributed by atoms with Crippen molar-refractivity contribution < 1.29 is 14.2 Å². The lowest BCUT2D eigenvalue weighted by Gasteiger charge is -2.12. The Balaban J connectivity index is 1.49. The SMILES string of the molecule is CCOc1ccc(NC(=S)Sc2nc(Nc3ccc(OCC)cc3)nc(SC(=S)Nc3ccc(OCC)cc3)n2)cc1. The molecule has 0 aliphatic heterocycles. The summed E-state index contributed by atoms with van der Waals surface area (Å²) in [5.41, 5.74) is 2.45. The molecule has 0 fully saturated rings. The van der Waals surface area contributed by atoms with E-state index in [0.717, 1.165) is 34.3 Å². The second-order valence-electron chi connectivity index (χ2n) is 8.25. The maximum absolute atomic E-state index is 5.59. The second-order valence-corrected chi connectivity index (χ2v) is 11.5. The van der Waals surface area contributed by atoms with Gasteiger partial charge >= 0.3 is 0 Å². The molecule has 0 saturated carbocycles. The molecule has 0 spiro atoms. The minimum absolute atomic E-state index is 0.354. The van der Waals surface area contributed by atoms with Crippen molar-refractivity contribution in [2.45, 2.75) is 31.1 Å². The third-order valence-electron chi connectivity index (χ3n) is 5.21. The number of benzene rings is 3. The van der Waals surface area contributed by atoms with Crippen LogP contribution in [0.25, 0.3) is 0 Å². The Morgan fingerprint density at radius 1 is 0.571 bits per heavy atom. The zero-order chi connectivity index (χ0) is 29.7. The van der Waals surface area contributed by atoms with Gasteiger partial charge in [0.1, 0.15) is 25.9 Å². The van der Waals surface area contributed by atoms with E-state index in [1.54, 1.807) is 0 Å². The summed E-state index contributed by atoms with van der Waals surface area (Å²) in [6, 6.07) is 22.7. The summed E-state index contributed by atoms with van der Waals surface area (Å²) in [5.74, 6) is 2.72. The lowest BCUT2D eigenvalue weighted by atomic mass is 10.3. The second kappa shape index (κ2) is 16.1. The smallest absolute Gasteiger partial charge is 0.232 e. The predicted octanol–water partition coefficient (Wildman–Crippen LogP) is 7.79. The number of thiocarbonyl (C=S) groups is 2. The van der Waals surface area contributed by atoms with Gasteiger partial charge in [0.15, 0.2) is 0 Å². The topological polar surface area (TPSA) is 102 Å². The van der Waals surface area contributed by atoms with Gasteiger partial charge in [-0.05, 0) is 117 Å². The van der Waals surface area contributed by atoms with Gasteiger partial charge in [0.25, 0.3) is 0 Å². The molecular formula is C29H30N6O3S4. The van der Waals surface area contributed by atoms with E-state index in [0.29, 0.717) is 44.7 Å². The van der Waals surface area contributed by atoms with E-state index in [4.69, 9.17) is 38.6 Å². The molecule has 9 nitrogen and oxygen atoms in total. The molecule has 0 bridgehead atoms. The highest BCUT2D eigenvalue weighted by Gasteiger charge is 2.13. The monoisotopic (exact) mass is 638 g/mol. The molecule has 0 aliphatic carbocycles. The van der Waals surface area contributed by atoms with Crippen molar-refractivity contribution >= 4 is 79.6 Å². The normalized spacial score (nSPS) is 10.5. The van der Waals surface area contributed by atoms with E-state index in [1.165, 1.54) is 23.5 Å². The van der Waals surface area contributed by atoms with E-state index in [1.807, 2.05) is 93.6 Å². The summed E-state index contributed by atoms with van der Waals surface area (Å²) in [6.45, 7) is 7.64. The number of nitrogens with one attached hydrogen (secondary N) is 3. The van der Waals surface area contributed by atoms with Crippen molar-refractivity contribution in [2.24, 2.45) is 0 Å². The fraction of sp³-hybridized carbons (Fsp3) is 0.207. The first kappa shape index (κ1) is 31.3. The van der Waals surface area contributed by atoms with Gasteiger partial charge in [-0.2, -0.15) is 15.0 Å². The standard InChI is InChI=1S/C29H30N6O3S4/c1-4-36-22-13-7-19(8-14-22)30-25-33-26(41-28(39)31-20-9-15-23(16-10-20)37-5-2)35-27(34-25)42-29(40)32-21-11-17-24(18-12-21)38-6-3/h7-18H,4-6H2,1-3H3,(H,31,39)(H,32,40)(H,30,33,34,35). The lowest BCUT2D eigenvalue weighted by molar-refractivity contribution is 0.340. The van der Waals surface area contributed by atoms with Crippen LogP contribution in [0.5, 0.6) is 17.2 Å². The summed E-state index contributed by atoms with van der Waals surface area (Å²) in [7, 11) is 0. The first-order valence-corrected chi connectivity index (χ1v) is 15.6. The molecule has 3 N–H and O–H groups in total. The highest BCUT2D eigenvalue weighted by atomic mass is 32.2. The summed E-state index contributed by atoms with van der Waals surface area (Å²) in [6.07, 6.45) is 0. The van der Waals surface area contributed by atoms with E-state index >= 15 is 0 Å². The zero-order valence-corrected chi connectivity index (χ0v) is 26.5. The number of ether oxygens (including phenoxy) is 3. The summed E-state index contributed by atoms with van der Waals surface area (Å²) < 4.78 is 17.5. The maximum atomic E-state index is 5.59. The number of anilines is 4. The highest BCUT2D eigenvalue weighted by Crippen LogP contribution is 2.27. The zero-order valence-electron chi connectivity index (χ0n) is 23.2. The van der Waals surface area contributed by atoms with Gasteiger partial charge in [0.05, 0.1) is 19.8 Å². The third kappa shape index (κ3) is 10.0. The molecule has 13 heteroatoms. The number of nitrogens with zero attached hydrogens (tertiary/aromatic N) is 3. The Bertz CT molecular complexity index is 1390. The molecule has 0 saturated heterocycles. The van der Waals surface area contributed by atoms with E-state index in [9.17, 15) is 0 Å². The average Bonchev–Trinajstić information content (AvgIpc) is 2.96. The van der Waals surface area contributed by atoms with Crippen LogP contribution in [0.1, 0.15) is 20.8 Å². The fourth-order valence-corrected chi connectivity index (χ4v) is 5.41. The number of aromatic nitrogens is 3. The van der Waals surface area contributed by atoms with Crippen molar-refractivity contribution in [1.82, 2.24) is 15.0 Å². The Morgan fingerprint density at radius 2 is 0.929 bits per heavy atom. The molecule has 1 aromatic heterocycles. The van der Waals surface area contributed by atoms with Gasteiger partial charge in [-0.25, -0.2) is 0 Å². The molecule has 1 heterocycles. The molecule has 4 rings (SSSR count). The minimum Gasteiger partial charge on any atom is -0.494 e. The molecule has 4 aromatic rings. The van der Waals surface area contributed by atoms with Crippen molar-refractivity contribution in [3.8, 4) is 17.2 Å². The van der Waals surface area contributed by atoms with Gasteiger partial charge in [-0.15, -0.1) is 0 Å². The molecule has 0 aliphatic rings. The Kier molecular flexibility index (Phi) is 12.0. The van der Waals surface area contributed by atoms with Crippen molar-refractivity contribution in [3.63, 3.8) is 0 Å². The molecule has 3 aromatic carbocycles. The average molecular weight is 639 g/mol. The van der Waals surface area contributed by atoms with Crippen molar-refractivity contribution in [2.75, 3.05) is 35.8 Å². The summed E-state index contributed by atoms with van der Waals surface area (Å²) in [5, 5.41) is 10.5. The van der Waals surface area contributed by atoms with Crippen LogP contribution in [-0.4, -0.2) is 43.4 Å². The number of rotatable bonds is 12. The van der Waals surface area contributed by atoms with Crippen LogP contribution in [0.15, 0.2) is 83.1 Å². The summed E-state index contributed by atoms with van der Waals surface area (Å²) in [4.78, 5) is 13.8. The van der Waals surface area contributed by atoms with Crippen LogP contribution in [0.2, 0.25) is 0 Å². The molecular weight excluding hydrogens is 609 g/mol. The van der Waals surface area contributed by atoms with Gasteiger partial charge < -0.3 is 30.2 Å². The largest absolute Gasteiger partial charge is 0.494 e. The minimum atomic E-state index is 0.354. The first-order chi connectivity index (χ1) is 20.4. The number of hydrogen-bond donors (Lipinski definition) is 3. The van der Waals surface area contributed by atoms with Gasteiger partial charge in [-0.1, -0.05) is 24.4 Å². The molecule has 0 amide bonds. The van der Waals surface area contributed by atoms with Crippen LogP contribution in [0.3, 0.4) is 0 Å². The first-order valence-electron chi connectivity index (χ1n) is 13.1. The Hall–Kier alpha value is -3.65.